The van der Waals surface area contributed by atoms with Gasteiger partial charge in [0.1, 0.15) is 30.3 Å². The van der Waals surface area contributed by atoms with E-state index in [1.54, 1.807) is 74.6 Å². The highest BCUT2D eigenvalue weighted by molar-refractivity contribution is 7.15. The van der Waals surface area contributed by atoms with Gasteiger partial charge in [-0.05, 0) is 59.9 Å². The van der Waals surface area contributed by atoms with Gasteiger partial charge >= 0.3 is 6.09 Å². The van der Waals surface area contributed by atoms with Crippen LogP contribution >= 0.6 is 11.3 Å². The number of aliphatic hydroxyl groups excluding tert-OH is 2. The summed E-state index contributed by atoms with van der Waals surface area (Å²) in [6.45, 7) is 7.39. The Balaban J connectivity index is 1.44. The largest absolute Gasteiger partial charge is 0.490 e. The molecule has 0 fully saturated rings. The molecule has 2 heterocycles. The van der Waals surface area contributed by atoms with Gasteiger partial charge in [0.25, 0.3) is 0 Å². The second-order valence-electron chi connectivity index (χ2n) is 14.6. The third kappa shape index (κ3) is 10.2. The van der Waals surface area contributed by atoms with Gasteiger partial charge in [0, 0.05) is 17.7 Å². The molecule has 288 valence electrons. The number of nitrogens with zero attached hydrogens (tertiary/aromatic N) is 1. The summed E-state index contributed by atoms with van der Waals surface area (Å²) in [5, 5.41) is 32.4. The lowest BCUT2D eigenvalue weighted by Gasteiger charge is -2.34. The Bertz CT molecular complexity index is 1900. The number of aliphatic hydroxyl groups is 2. The second-order valence-corrected chi connectivity index (χ2v) is 15.7. The number of thiazole rings is 1. The Morgan fingerprint density at radius 2 is 1.70 bits per heavy atom. The summed E-state index contributed by atoms with van der Waals surface area (Å²) in [5.74, 6) is -2.01. The molecule has 1 aliphatic rings. The molecule has 1 aliphatic heterocycles. The summed E-state index contributed by atoms with van der Waals surface area (Å²) in [5.41, 5.74) is 1.91. The molecule has 0 spiro atoms. The summed E-state index contributed by atoms with van der Waals surface area (Å²) >= 11 is 1.61. The number of benzene rings is 3. The summed E-state index contributed by atoms with van der Waals surface area (Å²) in [7, 11) is 1.21. The quantitative estimate of drug-likeness (QED) is 0.112. The number of halogens is 1. The number of aryl methyl sites for hydroxylation is 1. The minimum Gasteiger partial charge on any atom is -0.490 e. The molecule has 0 radical (unpaired) electrons. The Hall–Kier alpha value is -4.85. The highest BCUT2D eigenvalue weighted by Crippen LogP contribution is 2.33. The van der Waals surface area contributed by atoms with Crippen molar-refractivity contribution in [1.29, 1.82) is 0 Å². The van der Waals surface area contributed by atoms with E-state index in [1.165, 1.54) is 13.2 Å². The second kappa shape index (κ2) is 18.0. The molecule has 0 aliphatic carbocycles. The third-order valence-corrected chi connectivity index (χ3v) is 10.8. The number of alkyl carbamates (subject to hydrolysis) is 1. The Morgan fingerprint density at radius 1 is 1.00 bits per heavy atom. The average molecular weight is 761 g/mol. The fourth-order valence-corrected chi connectivity index (χ4v) is 7.39. The molecule has 3 aromatic carbocycles. The molecule has 5 N–H and O–H groups in total. The van der Waals surface area contributed by atoms with Crippen molar-refractivity contribution < 1.29 is 38.5 Å². The molecule has 4 aromatic rings. The van der Waals surface area contributed by atoms with Crippen LogP contribution in [0.1, 0.15) is 61.9 Å². The number of carbonyl (C=O) groups is 3. The van der Waals surface area contributed by atoms with Gasteiger partial charge in [-0.3, -0.25) is 9.59 Å². The number of methoxy groups -OCH3 is 1. The van der Waals surface area contributed by atoms with Crippen LogP contribution in [0.15, 0.2) is 79.0 Å². The topological polar surface area (TPSA) is 159 Å². The maximum atomic E-state index is 15.0. The molecule has 13 heteroatoms. The molecule has 11 nitrogen and oxygen atoms in total. The Morgan fingerprint density at radius 3 is 2.37 bits per heavy atom. The van der Waals surface area contributed by atoms with Crippen molar-refractivity contribution in [2.24, 2.45) is 11.3 Å². The minimum atomic E-state index is -1.31. The molecule has 6 unspecified atom stereocenters. The first kappa shape index (κ1) is 40.3. The number of ether oxygens (including phenoxy) is 2. The van der Waals surface area contributed by atoms with E-state index < -0.39 is 65.4 Å². The van der Waals surface area contributed by atoms with Gasteiger partial charge in [0.15, 0.2) is 0 Å². The molecule has 0 saturated heterocycles. The van der Waals surface area contributed by atoms with Crippen LogP contribution in [0.5, 0.6) is 5.75 Å². The summed E-state index contributed by atoms with van der Waals surface area (Å²) in [6, 6.07) is 18.1. The predicted octanol–water partition coefficient (Wildman–Crippen LogP) is 5.53. The van der Waals surface area contributed by atoms with Crippen LogP contribution in [0.2, 0.25) is 0 Å². The van der Waals surface area contributed by atoms with E-state index in [0.29, 0.717) is 11.3 Å². The number of nitrogens with one attached hydrogen (secondary N) is 3. The first-order chi connectivity index (χ1) is 25.8. The number of carbonyl (C=O) groups excluding carboxylic acids is 3. The third-order valence-electron chi connectivity index (χ3n) is 9.59. The standard InChI is InChI=1S/C41H49FN4O7S/c1-6-35-43-22-34(54-35)25-17-15-24(16-18-25)19-30(44-39(50)37(41(2,3)4)46-40(51)52-5)31(47)21-27(20-26-11-7-9-13-29(26)42)38(49)45-36-28-12-8-10-14-33(28)53-23-32(36)48/h7-18,22,27,30-32,36-37,47-48H,6,19-21,23H2,1-5H3,(H,44,50)(H,45,49)(H,46,51). The van der Waals surface area contributed by atoms with Gasteiger partial charge in [0.05, 0.1) is 35.2 Å². The van der Waals surface area contributed by atoms with Gasteiger partial charge in [0.2, 0.25) is 11.8 Å². The van der Waals surface area contributed by atoms with E-state index in [0.717, 1.165) is 27.4 Å². The van der Waals surface area contributed by atoms with Crippen LogP contribution in [-0.2, 0) is 33.6 Å². The van der Waals surface area contributed by atoms with Gasteiger partial charge in [-0.2, -0.15) is 0 Å². The first-order valence-corrected chi connectivity index (χ1v) is 18.9. The lowest BCUT2D eigenvalue weighted by molar-refractivity contribution is -0.128. The summed E-state index contributed by atoms with van der Waals surface area (Å²) < 4.78 is 25.5. The first-order valence-electron chi connectivity index (χ1n) is 18.1. The molecule has 5 rings (SSSR count). The maximum Gasteiger partial charge on any atom is 0.407 e. The average Bonchev–Trinajstić information content (AvgIpc) is 3.64. The predicted molar refractivity (Wildman–Crippen MR) is 204 cm³/mol. The number of hydrogen-bond acceptors (Lipinski definition) is 9. The molecule has 3 amide bonds. The van der Waals surface area contributed by atoms with Gasteiger partial charge in [-0.15, -0.1) is 11.3 Å². The molecule has 6 atom stereocenters. The van der Waals surface area contributed by atoms with Gasteiger partial charge in [-0.25, -0.2) is 14.2 Å². The van der Waals surface area contributed by atoms with E-state index >= 15 is 4.39 Å². The van der Waals surface area contributed by atoms with E-state index in [1.807, 2.05) is 37.4 Å². The van der Waals surface area contributed by atoms with Crippen LogP contribution in [0.3, 0.4) is 0 Å². The van der Waals surface area contributed by atoms with Crippen molar-refractivity contribution in [3.05, 3.63) is 107 Å². The zero-order valence-electron chi connectivity index (χ0n) is 31.2. The minimum absolute atomic E-state index is 0.0349. The molecule has 0 bridgehead atoms. The van der Waals surface area contributed by atoms with Crippen molar-refractivity contribution >= 4 is 29.2 Å². The van der Waals surface area contributed by atoms with E-state index in [2.05, 4.69) is 20.9 Å². The van der Waals surface area contributed by atoms with Crippen molar-refractivity contribution in [2.45, 2.75) is 83.7 Å². The van der Waals surface area contributed by atoms with Gasteiger partial charge < -0.3 is 35.6 Å². The fraction of sp³-hybridized carbons (Fsp3) is 0.415. The highest BCUT2D eigenvalue weighted by Gasteiger charge is 2.38. The van der Waals surface area contributed by atoms with Crippen molar-refractivity contribution in [2.75, 3.05) is 13.7 Å². The maximum absolute atomic E-state index is 15.0. The zero-order chi connectivity index (χ0) is 39.0. The van der Waals surface area contributed by atoms with Crippen LogP contribution in [-0.4, -0.2) is 71.1 Å². The van der Waals surface area contributed by atoms with Crippen molar-refractivity contribution in [3.8, 4) is 16.2 Å². The van der Waals surface area contributed by atoms with E-state index in [-0.39, 0.29) is 31.4 Å². The number of rotatable bonds is 14. The summed E-state index contributed by atoms with van der Waals surface area (Å²) in [4.78, 5) is 45.8. The number of aromatic nitrogens is 1. The van der Waals surface area contributed by atoms with E-state index in [4.69, 9.17) is 9.47 Å². The lowest BCUT2D eigenvalue weighted by Crippen LogP contribution is -2.57. The lowest BCUT2D eigenvalue weighted by atomic mass is 9.85. The molecule has 1 aromatic heterocycles. The monoisotopic (exact) mass is 760 g/mol. The van der Waals surface area contributed by atoms with Crippen LogP contribution < -0.4 is 20.7 Å². The Kier molecular flexibility index (Phi) is 13.4. The molecular weight excluding hydrogens is 712 g/mol. The molecule has 54 heavy (non-hydrogen) atoms. The SMILES string of the molecule is CCc1ncc(-c2ccc(CC(NC(=O)C(NC(=O)OC)C(C)(C)C)C(O)CC(Cc3ccccc3F)C(=O)NC3c4ccccc4OCC3O)cc2)s1. The van der Waals surface area contributed by atoms with Crippen LogP contribution in [0, 0.1) is 17.2 Å². The van der Waals surface area contributed by atoms with Crippen LogP contribution in [0.25, 0.3) is 10.4 Å². The zero-order valence-corrected chi connectivity index (χ0v) is 32.0. The van der Waals surface area contributed by atoms with Crippen LogP contribution in [0.4, 0.5) is 9.18 Å². The molecular formula is C41H49FN4O7S. The number of fused-ring (bicyclic) bond motifs is 1. The fourth-order valence-electron chi connectivity index (χ4n) is 6.53. The van der Waals surface area contributed by atoms with Crippen molar-refractivity contribution in [3.63, 3.8) is 0 Å². The number of para-hydroxylation sites is 1. The molecule has 0 saturated carbocycles. The Labute approximate surface area is 319 Å². The van der Waals surface area contributed by atoms with Crippen molar-refractivity contribution in [1.82, 2.24) is 20.9 Å². The highest BCUT2D eigenvalue weighted by atomic mass is 32.1. The summed E-state index contributed by atoms with van der Waals surface area (Å²) in [6.07, 6.45) is -0.531. The number of hydrogen-bond donors (Lipinski definition) is 5. The van der Waals surface area contributed by atoms with E-state index in [9.17, 15) is 24.6 Å². The normalized spacial score (nSPS) is 17.6. The van der Waals surface area contributed by atoms with Gasteiger partial charge in [-0.1, -0.05) is 88.4 Å². The smallest absolute Gasteiger partial charge is 0.407 e. The number of amides is 3.